The maximum Gasteiger partial charge on any atom is 0.146 e. The zero-order valence-corrected chi connectivity index (χ0v) is 28.4. The van der Waals surface area contributed by atoms with Crippen molar-refractivity contribution in [3.63, 3.8) is 0 Å². The van der Waals surface area contributed by atoms with Gasteiger partial charge in [0.15, 0.2) is 0 Å². The molecule has 1 aliphatic rings. The van der Waals surface area contributed by atoms with Crippen molar-refractivity contribution in [2.75, 3.05) is 0 Å². The molecule has 3 nitrogen and oxygen atoms in total. The molecule has 0 radical (unpaired) electrons. The molecule has 9 aromatic rings. The first kappa shape index (κ1) is 28.9. The van der Waals surface area contributed by atoms with Crippen LogP contribution in [0, 0.1) is 0 Å². The number of rotatable bonds is 3. The third-order valence-electron chi connectivity index (χ3n) is 10.9. The molecule has 3 heteroatoms. The van der Waals surface area contributed by atoms with E-state index in [-0.39, 0.29) is 5.41 Å². The zero-order valence-electron chi connectivity index (χ0n) is 28.4. The van der Waals surface area contributed by atoms with Crippen molar-refractivity contribution >= 4 is 38.4 Å². The van der Waals surface area contributed by atoms with Crippen LogP contribution >= 0.6 is 0 Å². The number of hydrogen-bond acceptors (Lipinski definition) is 2. The molecule has 0 N–H and O–H groups in total. The minimum atomic E-state index is -0.562. The highest BCUT2D eigenvalue weighted by molar-refractivity contribution is 6.14. The summed E-state index contributed by atoms with van der Waals surface area (Å²) in [4.78, 5) is 10.2. The molecule has 50 heavy (non-hydrogen) atoms. The molecule has 3 aromatic heterocycles. The SMILES string of the molecule is CC(C)(C)c1ccnc(-c2cccc(C3(c4ccc5c6ccccc6n6c7ccccc7nc6c5c4)c4ccccc4-c4ccccc43)c2)c1. The molecule has 0 atom stereocenters. The molecule has 0 aliphatic heterocycles. The fourth-order valence-corrected chi connectivity index (χ4v) is 8.53. The Labute approximate surface area is 291 Å². The average Bonchev–Trinajstić information content (AvgIpc) is 3.70. The van der Waals surface area contributed by atoms with Gasteiger partial charge in [-0.2, -0.15) is 0 Å². The van der Waals surface area contributed by atoms with Crippen LogP contribution in [0.3, 0.4) is 0 Å². The molecule has 0 saturated carbocycles. The lowest BCUT2D eigenvalue weighted by Crippen LogP contribution is -2.28. The van der Waals surface area contributed by atoms with E-state index in [9.17, 15) is 0 Å². The van der Waals surface area contributed by atoms with Gasteiger partial charge < -0.3 is 0 Å². The Balaban J connectivity index is 1.32. The molecule has 238 valence electrons. The van der Waals surface area contributed by atoms with E-state index in [0.717, 1.165) is 33.3 Å². The van der Waals surface area contributed by atoms with Crippen LogP contribution in [0.15, 0.2) is 158 Å². The van der Waals surface area contributed by atoms with Gasteiger partial charge in [-0.1, -0.05) is 130 Å². The average molecular weight is 642 g/mol. The Morgan fingerprint density at radius 3 is 2.00 bits per heavy atom. The van der Waals surface area contributed by atoms with Gasteiger partial charge in [0.2, 0.25) is 0 Å². The molecule has 1 aliphatic carbocycles. The quantitative estimate of drug-likeness (QED) is 0.180. The Morgan fingerprint density at radius 1 is 0.540 bits per heavy atom. The zero-order chi connectivity index (χ0) is 33.6. The van der Waals surface area contributed by atoms with Crippen molar-refractivity contribution in [3.05, 3.63) is 186 Å². The lowest BCUT2D eigenvalue weighted by molar-refractivity contribution is 0.589. The number of fused-ring (bicyclic) bond motifs is 11. The largest absolute Gasteiger partial charge is 0.292 e. The summed E-state index contributed by atoms with van der Waals surface area (Å²) < 4.78 is 2.34. The third-order valence-corrected chi connectivity index (χ3v) is 10.9. The normalized spacial score (nSPS) is 13.7. The molecular weight excluding hydrogens is 607 g/mol. The minimum Gasteiger partial charge on any atom is -0.292 e. The number of nitrogens with zero attached hydrogens (tertiary/aromatic N) is 3. The standard InChI is InChI=1S/C47H35N3/c1-46(2,3)31-25-26-48-42(29-31)30-13-12-14-32(27-30)47(39-18-7-4-15-35(39)36-16-5-8-19-40(36)47)33-23-24-34-37-17-6-10-21-43(37)50-44-22-11-9-20-41(44)49-45(50)38(34)28-33/h4-29H,1-3H3. The molecule has 0 unspecified atom stereocenters. The van der Waals surface area contributed by atoms with Crippen LogP contribution in [0.25, 0.3) is 60.7 Å². The number of hydrogen-bond donors (Lipinski definition) is 0. The Bertz CT molecular complexity index is 2770. The van der Waals surface area contributed by atoms with Crippen molar-refractivity contribution < 1.29 is 0 Å². The second kappa shape index (κ2) is 10.5. The van der Waals surface area contributed by atoms with Crippen LogP contribution < -0.4 is 0 Å². The number of para-hydroxylation sites is 3. The monoisotopic (exact) mass is 641 g/mol. The van der Waals surface area contributed by atoms with Crippen LogP contribution in [0.2, 0.25) is 0 Å². The fraction of sp³-hybridized carbons (Fsp3) is 0.106. The van der Waals surface area contributed by atoms with Crippen molar-refractivity contribution in [2.45, 2.75) is 31.6 Å². The Morgan fingerprint density at radius 2 is 1.22 bits per heavy atom. The molecule has 0 spiro atoms. The van der Waals surface area contributed by atoms with Gasteiger partial charge in [-0.15, -0.1) is 0 Å². The molecule has 0 amide bonds. The van der Waals surface area contributed by atoms with Crippen molar-refractivity contribution in [1.29, 1.82) is 0 Å². The maximum absolute atomic E-state index is 5.28. The number of aromatic nitrogens is 3. The van der Waals surface area contributed by atoms with Gasteiger partial charge in [0.05, 0.1) is 27.7 Å². The first-order valence-corrected chi connectivity index (χ1v) is 17.4. The highest BCUT2D eigenvalue weighted by Gasteiger charge is 2.46. The predicted octanol–water partition coefficient (Wildman–Crippen LogP) is 11.5. The summed E-state index contributed by atoms with van der Waals surface area (Å²) in [5.74, 6) is 0. The van der Waals surface area contributed by atoms with E-state index in [1.807, 2.05) is 6.20 Å². The summed E-state index contributed by atoms with van der Waals surface area (Å²) in [6.45, 7) is 6.77. The smallest absolute Gasteiger partial charge is 0.146 e. The predicted molar refractivity (Wildman–Crippen MR) is 207 cm³/mol. The van der Waals surface area contributed by atoms with E-state index < -0.39 is 5.41 Å². The topological polar surface area (TPSA) is 30.2 Å². The maximum atomic E-state index is 5.28. The molecule has 0 bridgehead atoms. The fourth-order valence-electron chi connectivity index (χ4n) is 8.53. The lowest BCUT2D eigenvalue weighted by atomic mass is 9.67. The van der Waals surface area contributed by atoms with Gasteiger partial charge in [-0.3, -0.25) is 9.38 Å². The summed E-state index contributed by atoms with van der Waals surface area (Å²) in [5.41, 5.74) is 14.7. The molecular formula is C47H35N3. The summed E-state index contributed by atoms with van der Waals surface area (Å²) in [7, 11) is 0. The van der Waals surface area contributed by atoms with Crippen LogP contribution in [0.4, 0.5) is 0 Å². The minimum absolute atomic E-state index is 0.0259. The van der Waals surface area contributed by atoms with Gasteiger partial charge in [0.25, 0.3) is 0 Å². The van der Waals surface area contributed by atoms with Crippen LogP contribution in [-0.2, 0) is 10.8 Å². The first-order chi connectivity index (χ1) is 24.4. The summed E-state index contributed by atoms with van der Waals surface area (Å²) in [6, 6.07) is 55.7. The van der Waals surface area contributed by atoms with Crippen molar-refractivity contribution in [1.82, 2.24) is 14.4 Å². The van der Waals surface area contributed by atoms with Gasteiger partial charge >= 0.3 is 0 Å². The van der Waals surface area contributed by atoms with E-state index in [0.29, 0.717) is 0 Å². The van der Waals surface area contributed by atoms with Gasteiger partial charge in [-0.25, -0.2) is 4.98 Å². The molecule has 6 aromatic carbocycles. The van der Waals surface area contributed by atoms with E-state index in [2.05, 4.69) is 177 Å². The third kappa shape index (κ3) is 3.98. The summed E-state index contributed by atoms with van der Waals surface area (Å²) in [5, 5.41) is 3.57. The second-order valence-corrected chi connectivity index (χ2v) is 14.6. The highest BCUT2D eigenvalue weighted by Crippen LogP contribution is 2.56. The first-order valence-electron chi connectivity index (χ1n) is 17.4. The van der Waals surface area contributed by atoms with Crippen molar-refractivity contribution in [2.24, 2.45) is 0 Å². The molecule has 0 fully saturated rings. The summed E-state index contributed by atoms with van der Waals surface area (Å²) in [6.07, 6.45) is 1.95. The number of pyridine rings is 2. The van der Waals surface area contributed by atoms with Gasteiger partial charge in [0, 0.05) is 22.5 Å². The lowest BCUT2D eigenvalue weighted by Gasteiger charge is -2.34. The van der Waals surface area contributed by atoms with Gasteiger partial charge in [0.1, 0.15) is 5.65 Å². The Kier molecular flexibility index (Phi) is 6.05. The molecule has 0 saturated heterocycles. The van der Waals surface area contributed by atoms with Crippen LogP contribution in [0.1, 0.15) is 48.6 Å². The van der Waals surface area contributed by atoms with E-state index in [1.165, 1.54) is 55.2 Å². The highest BCUT2D eigenvalue weighted by atomic mass is 15.0. The van der Waals surface area contributed by atoms with Crippen LogP contribution in [-0.4, -0.2) is 14.4 Å². The number of benzene rings is 6. The molecule has 10 rings (SSSR count). The van der Waals surface area contributed by atoms with Crippen molar-refractivity contribution in [3.8, 4) is 22.4 Å². The van der Waals surface area contributed by atoms with E-state index in [1.54, 1.807) is 0 Å². The van der Waals surface area contributed by atoms with E-state index in [4.69, 9.17) is 9.97 Å². The van der Waals surface area contributed by atoms with Crippen LogP contribution in [0.5, 0.6) is 0 Å². The second-order valence-electron chi connectivity index (χ2n) is 14.6. The number of imidazole rings is 1. The van der Waals surface area contributed by atoms with Gasteiger partial charge in [-0.05, 0) is 92.2 Å². The molecule has 3 heterocycles. The van der Waals surface area contributed by atoms with E-state index >= 15 is 0 Å². The summed E-state index contributed by atoms with van der Waals surface area (Å²) >= 11 is 0. The Hall–Kier alpha value is -6.06.